The summed E-state index contributed by atoms with van der Waals surface area (Å²) < 4.78 is 43.7. The Morgan fingerprint density at radius 3 is 2.45 bits per heavy atom. The smallest absolute Gasteiger partial charge is 0.224 e. The Labute approximate surface area is 129 Å². The number of amides is 1. The summed E-state index contributed by atoms with van der Waals surface area (Å²) in [5.41, 5.74) is 0.549. The predicted octanol–water partition coefficient (Wildman–Crippen LogP) is 0.665. The van der Waals surface area contributed by atoms with Crippen molar-refractivity contribution < 1.29 is 22.3 Å². The SMILES string of the molecule is CS(=O)(=O)N[C@H](CC(=O)N1CCOCC1)c1ccc(F)cc1. The minimum absolute atomic E-state index is 0.0152. The summed E-state index contributed by atoms with van der Waals surface area (Å²) in [6, 6.07) is 4.72. The molecule has 0 saturated carbocycles. The standard InChI is InChI=1S/C14H19FN2O4S/c1-22(19,20)16-13(11-2-4-12(15)5-3-11)10-14(18)17-6-8-21-9-7-17/h2-5,13,16H,6-10H2,1H3/t13-/m1/s1. The van der Waals surface area contributed by atoms with Crippen molar-refractivity contribution in [3.05, 3.63) is 35.6 Å². The maximum absolute atomic E-state index is 13.0. The van der Waals surface area contributed by atoms with E-state index in [4.69, 9.17) is 4.74 Å². The number of sulfonamides is 1. The number of carbonyl (C=O) groups is 1. The molecule has 0 radical (unpaired) electrons. The molecule has 1 aromatic carbocycles. The number of nitrogens with one attached hydrogen (secondary N) is 1. The second-order valence-electron chi connectivity index (χ2n) is 5.19. The third kappa shape index (κ3) is 5.04. The van der Waals surface area contributed by atoms with E-state index in [0.717, 1.165) is 6.26 Å². The molecule has 1 N–H and O–H groups in total. The number of hydrogen-bond acceptors (Lipinski definition) is 4. The van der Waals surface area contributed by atoms with Crippen molar-refractivity contribution >= 4 is 15.9 Å². The minimum Gasteiger partial charge on any atom is -0.378 e. The van der Waals surface area contributed by atoms with Gasteiger partial charge in [-0.1, -0.05) is 12.1 Å². The van der Waals surface area contributed by atoms with Gasteiger partial charge in [-0.3, -0.25) is 4.79 Å². The van der Waals surface area contributed by atoms with Crippen LogP contribution in [0.5, 0.6) is 0 Å². The average Bonchev–Trinajstić information content (AvgIpc) is 2.47. The number of halogens is 1. The van der Waals surface area contributed by atoms with E-state index in [1.54, 1.807) is 4.90 Å². The van der Waals surface area contributed by atoms with Crippen LogP contribution < -0.4 is 4.72 Å². The molecule has 0 spiro atoms. The van der Waals surface area contributed by atoms with E-state index in [0.29, 0.717) is 31.9 Å². The first kappa shape index (κ1) is 16.9. The van der Waals surface area contributed by atoms with Crippen LogP contribution in [0, 0.1) is 5.82 Å². The highest BCUT2D eigenvalue weighted by atomic mass is 32.2. The van der Waals surface area contributed by atoms with Gasteiger partial charge in [0.2, 0.25) is 15.9 Å². The zero-order valence-electron chi connectivity index (χ0n) is 12.3. The van der Waals surface area contributed by atoms with Crippen molar-refractivity contribution in [3.8, 4) is 0 Å². The fourth-order valence-corrected chi connectivity index (χ4v) is 3.03. The van der Waals surface area contributed by atoms with Crippen LogP contribution in [-0.4, -0.2) is 51.8 Å². The number of nitrogens with zero attached hydrogens (tertiary/aromatic N) is 1. The highest BCUT2D eigenvalue weighted by Crippen LogP contribution is 2.20. The quantitative estimate of drug-likeness (QED) is 0.861. The zero-order chi connectivity index (χ0) is 16.2. The van der Waals surface area contributed by atoms with E-state index < -0.39 is 21.9 Å². The van der Waals surface area contributed by atoms with Gasteiger partial charge in [-0.2, -0.15) is 0 Å². The number of rotatable bonds is 5. The minimum atomic E-state index is -3.50. The summed E-state index contributed by atoms with van der Waals surface area (Å²) in [5, 5.41) is 0. The Morgan fingerprint density at radius 1 is 1.32 bits per heavy atom. The molecule has 122 valence electrons. The first-order valence-electron chi connectivity index (χ1n) is 6.93. The van der Waals surface area contributed by atoms with Crippen LogP contribution in [0.4, 0.5) is 4.39 Å². The number of ether oxygens (including phenoxy) is 1. The molecule has 1 amide bonds. The lowest BCUT2D eigenvalue weighted by molar-refractivity contribution is -0.135. The second-order valence-corrected chi connectivity index (χ2v) is 6.97. The van der Waals surface area contributed by atoms with Crippen molar-refractivity contribution in [2.45, 2.75) is 12.5 Å². The summed E-state index contributed by atoms with van der Waals surface area (Å²) >= 11 is 0. The Hall–Kier alpha value is -1.51. The van der Waals surface area contributed by atoms with Gasteiger partial charge in [0, 0.05) is 19.5 Å². The molecule has 2 rings (SSSR count). The van der Waals surface area contributed by atoms with Crippen LogP contribution in [0.15, 0.2) is 24.3 Å². The molecule has 6 nitrogen and oxygen atoms in total. The molecule has 22 heavy (non-hydrogen) atoms. The van der Waals surface area contributed by atoms with Gasteiger partial charge in [-0.25, -0.2) is 17.5 Å². The predicted molar refractivity (Wildman–Crippen MR) is 79.1 cm³/mol. The van der Waals surface area contributed by atoms with Gasteiger partial charge in [0.15, 0.2) is 0 Å². The summed E-state index contributed by atoms with van der Waals surface area (Å²) in [5.74, 6) is -0.574. The summed E-state index contributed by atoms with van der Waals surface area (Å²) in [4.78, 5) is 13.9. The van der Waals surface area contributed by atoms with Gasteiger partial charge in [0.1, 0.15) is 5.82 Å². The Balaban J connectivity index is 2.13. The molecule has 1 aliphatic heterocycles. The van der Waals surface area contributed by atoms with E-state index in [1.807, 2.05) is 0 Å². The Morgan fingerprint density at radius 2 is 1.91 bits per heavy atom. The fraction of sp³-hybridized carbons (Fsp3) is 0.500. The number of morpholine rings is 1. The van der Waals surface area contributed by atoms with E-state index in [1.165, 1.54) is 24.3 Å². The van der Waals surface area contributed by atoms with Gasteiger partial charge in [0.05, 0.1) is 25.5 Å². The van der Waals surface area contributed by atoms with E-state index in [-0.39, 0.29) is 12.3 Å². The highest BCUT2D eigenvalue weighted by Gasteiger charge is 2.24. The largest absolute Gasteiger partial charge is 0.378 e. The number of carbonyl (C=O) groups excluding carboxylic acids is 1. The lowest BCUT2D eigenvalue weighted by Gasteiger charge is -2.28. The number of hydrogen-bond donors (Lipinski definition) is 1. The zero-order valence-corrected chi connectivity index (χ0v) is 13.1. The lowest BCUT2D eigenvalue weighted by atomic mass is 10.0. The summed E-state index contributed by atoms with van der Waals surface area (Å²) in [6.07, 6.45) is 1.02. The van der Waals surface area contributed by atoms with Crippen molar-refractivity contribution in [3.63, 3.8) is 0 Å². The molecule has 1 saturated heterocycles. The fourth-order valence-electron chi connectivity index (χ4n) is 2.30. The Bertz CT molecular complexity index is 612. The van der Waals surface area contributed by atoms with Crippen molar-refractivity contribution in [2.75, 3.05) is 32.6 Å². The van der Waals surface area contributed by atoms with Crippen LogP contribution in [0.2, 0.25) is 0 Å². The summed E-state index contributed by atoms with van der Waals surface area (Å²) in [7, 11) is -3.50. The maximum atomic E-state index is 13.0. The molecule has 1 atom stereocenters. The first-order chi connectivity index (χ1) is 10.3. The van der Waals surface area contributed by atoms with E-state index >= 15 is 0 Å². The molecular formula is C14H19FN2O4S. The molecular weight excluding hydrogens is 311 g/mol. The molecule has 0 unspecified atom stereocenters. The van der Waals surface area contributed by atoms with Crippen LogP contribution in [0.3, 0.4) is 0 Å². The van der Waals surface area contributed by atoms with Crippen LogP contribution in [-0.2, 0) is 19.6 Å². The van der Waals surface area contributed by atoms with Crippen molar-refractivity contribution in [1.82, 2.24) is 9.62 Å². The highest BCUT2D eigenvalue weighted by molar-refractivity contribution is 7.88. The molecule has 0 bridgehead atoms. The van der Waals surface area contributed by atoms with Gasteiger partial charge >= 0.3 is 0 Å². The normalized spacial score (nSPS) is 17.3. The first-order valence-corrected chi connectivity index (χ1v) is 8.82. The third-order valence-electron chi connectivity index (χ3n) is 3.37. The average molecular weight is 330 g/mol. The van der Waals surface area contributed by atoms with E-state index in [2.05, 4.69) is 4.72 Å². The lowest BCUT2D eigenvalue weighted by Crippen LogP contribution is -2.42. The van der Waals surface area contributed by atoms with Crippen LogP contribution >= 0.6 is 0 Å². The maximum Gasteiger partial charge on any atom is 0.224 e. The topological polar surface area (TPSA) is 75.7 Å². The van der Waals surface area contributed by atoms with Crippen molar-refractivity contribution in [2.24, 2.45) is 0 Å². The molecule has 0 aromatic heterocycles. The number of benzene rings is 1. The van der Waals surface area contributed by atoms with Crippen LogP contribution in [0.1, 0.15) is 18.0 Å². The molecule has 1 fully saturated rings. The van der Waals surface area contributed by atoms with Gasteiger partial charge in [0.25, 0.3) is 0 Å². The molecule has 1 aromatic rings. The third-order valence-corrected chi connectivity index (χ3v) is 4.08. The van der Waals surface area contributed by atoms with E-state index in [9.17, 15) is 17.6 Å². The van der Waals surface area contributed by atoms with Crippen LogP contribution in [0.25, 0.3) is 0 Å². The second kappa shape index (κ2) is 7.17. The van der Waals surface area contributed by atoms with Gasteiger partial charge in [-0.15, -0.1) is 0 Å². The monoisotopic (exact) mass is 330 g/mol. The van der Waals surface area contributed by atoms with Gasteiger partial charge in [-0.05, 0) is 17.7 Å². The molecule has 1 heterocycles. The Kier molecular flexibility index (Phi) is 5.49. The molecule has 8 heteroatoms. The summed E-state index contributed by atoms with van der Waals surface area (Å²) in [6.45, 7) is 1.95. The molecule has 1 aliphatic rings. The van der Waals surface area contributed by atoms with Crippen molar-refractivity contribution in [1.29, 1.82) is 0 Å². The molecule has 0 aliphatic carbocycles. The van der Waals surface area contributed by atoms with Gasteiger partial charge < -0.3 is 9.64 Å².